The number of nitrogens with zero attached hydrogens (tertiary/aromatic N) is 4. The average molecular weight is 406 g/mol. The molecule has 0 fully saturated rings. The number of benzene rings is 2. The molecule has 0 bridgehead atoms. The number of rotatable bonds is 6. The molecule has 138 valence electrons. The zero-order chi connectivity index (χ0) is 19.4. The number of aromatic amines is 1. The Morgan fingerprint density at radius 3 is 2.81 bits per heavy atom. The highest BCUT2D eigenvalue weighted by Gasteiger charge is 2.13. The van der Waals surface area contributed by atoms with Crippen LogP contribution in [0.25, 0.3) is 0 Å². The first-order chi connectivity index (χ1) is 12.9. The fourth-order valence-electron chi connectivity index (χ4n) is 2.11. The monoisotopic (exact) mass is 405 g/mol. The molecule has 0 saturated heterocycles. The fourth-order valence-corrected chi connectivity index (χ4v) is 2.43. The van der Waals surface area contributed by atoms with Gasteiger partial charge >= 0.3 is 5.69 Å². The third-order valence-electron chi connectivity index (χ3n) is 3.42. The van der Waals surface area contributed by atoms with Crippen LogP contribution >= 0.6 is 23.8 Å². The lowest BCUT2D eigenvalue weighted by Gasteiger charge is -2.05. The van der Waals surface area contributed by atoms with Crippen molar-refractivity contribution in [2.75, 3.05) is 0 Å². The molecule has 0 atom stereocenters. The zero-order valence-corrected chi connectivity index (χ0v) is 15.1. The van der Waals surface area contributed by atoms with Crippen molar-refractivity contribution < 1.29 is 14.8 Å². The molecule has 2 N–H and O–H groups in total. The first-order valence-corrected chi connectivity index (χ1v) is 8.29. The van der Waals surface area contributed by atoms with Crippen molar-refractivity contribution in [2.24, 2.45) is 5.10 Å². The smallest absolute Gasteiger partial charge is 0.311 e. The number of phenolic OH excluding ortho intramolecular Hbond substituents is 1. The van der Waals surface area contributed by atoms with Gasteiger partial charge in [-0.1, -0.05) is 11.6 Å². The molecule has 0 unspecified atom stereocenters. The summed E-state index contributed by atoms with van der Waals surface area (Å²) in [5.41, 5.74) is -0.00629. The summed E-state index contributed by atoms with van der Waals surface area (Å²) in [6.45, 7) is 0.0852. The quantitative estimate of drug-likeness (QED) is 0.279. The van der Waals surface area contributed by atoms with Gasteiger partial charge in [0.15, 0.2) is 11.6 Å². The second-order valence-corrected chi connectivity index (χ2v) is 6.07. The van der Waals surface area contributed by atoms with E-state index in [0.717, 1.165) is 0 Å². The summed E-state index contributed by atoms with van der Waals surface area (Å²) in [7, 11) is 0. The van der Waals surface area contributed by atoms with Gasteiger partial charge in [-0.3, -0.25) is 10.1 Å². The number of ether oxygens (including phenoxy) is 1. The molecule has 9 nitrogen and oxygen atoms in total. The number of aromatic hydroxyl groups is 1. The average Bonchev–Trinajstić information content (AvgIpc) is 3.00. The first kappa shape index (κ1) is 18.5. The van der Waals surface area contributed by atoms with Crippen LogP contribution in [-0.4, -0.2) is 31.1 Å². The minimum absolute atomic E-state index is 0.0852. The lowest BCUT2D eigenvalue weighted by molar-refractivity contribution is -0.385. The Morgan fingerprint density at radius 1 is 1.37 bits per heavy atom. The van der Waals surface area contributed by atoms with Gasteiger partial charge in [-0.25, -0.2) is 5.10 Å². The van der Waals surface area contributed by atoms with E-state index < -0.39 is 16.4 Å². The molecule has 1 aromatic heterocycles. The Hall–Kier alpha value is -3.24. The van der Waals surface area contributed by atoms with E-state index in [1.807, 2.05) is 0 Å². The van der Waals surface area contributed by atoms with Crippen molar-refractivity contribution in [1.82, 2.24) is 14.9 Å². The molecular weight excluding hydrogens is 394 g/mol. The number of H-pyrrole nitrogens is 1. The number of hydrogen-bond acceptors (Lipinski definition) is 7. The first-order valence-electron chi connectivity index (χ1n) is 7.50. The SMILES string of the molecule is O=[N+]([O-])c1cc(/C=N/n2c(COc3ccc(Cl)cc3)n[nH]c2=S)ccc1O. The normalized spacial score (nSPS) is 11.0. The molecule has 0 radical (unpaired) electrons. The Morgan fingerprint density at radius 2 is 2.11 bits per heavy atom. The van der Waals surface area contributed by atoms with Crippen LogP contribution < -0.4 is 4.74 Å². The van der Waals surface area contributed by atoms with Crippen molar-refractivity contribution in [3.8, 4) is 11.5 Å². The van der Waals surface area contributed by atoms with Crippen molar-refractivity contribution in [3.05, 3.63) is 73.8 Å². The maximum atomic E-state index is 10.9. The molecule has 0 saturated carbocycles. The van der Waals surface area contributed by atoms with Crippen LogP contribution in [0.1, 0.15) is 11.4 Å². The summed E-state index contributed by atoms with van der Waals surface area (Å²) in [6.07, 6.45) is 1.36. The molecule has 11 heteroatoms. The van der Waals surface area contributed by atoms with Crippen molar-refractivity contribution in [1.29, 1.82) is 0 Å². The van der Waals surface area contributed by atoms with E-state index >= 15 is 0 Å². The number of aromatic nitrogens is 3. The second kappa shape index (κ2) is 7.98. The van der Waals surface area contributed by atoms with E-state index in [0.29, 0.717) is 22.2 Å². The lowest BCUT2D eigenvalue weighted by Crippen LogP contribution is -2.04. The largest absolute Gasteiger partial charge is 0.502 e. The van der Waals surface area contributed by atoms with E-state index in [1.54, 1.807) is 24.3 Å². The van der Waals surface area contributed by atoms with E-state index in [4.69, 9.17) is 28.6 Å². The van der Waals surface area contributed by atoms with Gasteiger partial charge < -0.3 is 9.84 Å². The predicted molar refractivity (Wildman–Crippen MR) is 101 cm³/mol. The van der Waals surface area contributed by atoms with Crippen LogP contribution in [0.5, 0.6) is 11.5 Å². The van der Waals surface area contributed by atoms with Crippen LogP contribution in [0, 0.1) is 14.9 Å². The van der Waals surface area contributed by atoms with Gasteiger partial charge in [0.1, 0.15) is 12.4 Å². The zero-order valence-electron chi connectivity index (χ0n) is 13.6. The molecule has 0 aliphatic heterocycles. The number of phenols is 1. The fraction of sp³-hybridized carbons (Fsp3) is 0.0625. The van der Waals surface area contributed by atoms with E-state index in [9.17, 15) is 15.2 Å². The number of nitro groups is 1. The van der Waals surface area contributed by atoms with E-state index in [1.165, 1.54) is 29.1 Å². The van der Waals surface area contributed by atoms with Gasteiger partial charge in [0, 0.05) is 16.7 Å². The molecule has 3 aromatic rings. The third-order valence-corrected chi connectivity index (χ3v) is 3.93. The highest BCUT2D eigenvalue weighted by atomic mass is 35.5. The Bertz CT molecular complexity index is 1060. The van der Waals surface area contributed by atoms with Crippen LogP contribution in [-0.2, 0) is 6.61 Å². The summed E-state index contributed by atoms with van der Waals surface area (Å²) in [5.74, 6) is 0.576. The number of nitrogens with one attached hydrogen (secondary N) is 1. The molecule has 27 heavy (non-hydrogen) atoms. The summed E-state index contributed by atoms with van der Waals surface area (Å²) in [4.78, 5) is 10.2. The van der Waals surface area contributed by atoms with Crippen molar-refractivity contribution in [2.45, 2.75) is 6.61 Å². The third kappa shape index (κ3) is 4.49. The minimum atomic E-state index is -0.679. The Balaban J connectivity index is 1.79. The molecule has 1 heterocycles. The number of hydrogen-bond donors (Lipinski definition) is 2. The molecule has 3 rings (SSSR count). The highest BCUT2D eigenvalue weighted by molar-refractivity contribution is 7.71. The van der Waals surface area contributed by atoms with Gasteiger partial charge in [0.05, 0.1) is 11.1 Å². The van der Waals surface area contributed by atoms with Crippen LogP contribution in [0.4, 0.5) is 5.69 Å². The van der Waals surface area contributed by atoms with Gasteiger partial charge in [-0.05, 0) is 48.6 Å². The van der Waals surface area contributed by atoms with E-state index in [-0.39, 0.29) is 11.4 Å². The van der Waals surface area contributed by atoms with Crippen LogP contribution in [0.2, 0.25) is 5.02 Å². The van der Waals surface area contributed by atoms with Crippen molar-refractivity contribution in [3.63, 3.8) is 0 Å². The second-order valence-electron chi connectivity index (χ2n) is 5.25. The van der Waals surface area contributed by atoms with Crippen molar-refractivity contribution >= 4 is 35.7 Å². The van der Waals surface area contributed by atoms with Crippen LogP contribution in [0.3, 0.4) is 0 Å². The summed E-state index contributed by atoms with van der Waals surface area (Å²) in [6, 6.07) is 10.7. The summed E-state index contributed by atoms with van der Waals surface area (Å²) in [5, 5.41) is 31.8. The maximum absolute atomic E-state index is 10.9. The predicted octanol–water partition coefficient (Wildman–Crippen LogP) is 3.67. The molecule has 0 aliphatic rings. The summed E-state index contributed by atoms with van der Waals surface area (Å²) < 4.78 is 7.18. The lowest BCUT2D eigenvalue weighted by atomic mass is 10.2. The maximum Gasteiger partial charge on any atom is 0.311 e. The number of halogens is 1. The molecule has 0 spiro atoms. The van der Waals surface area contributed by atoms with E-state index in [2.05, 4.69) is 15.3 Å². The Kier molecular flexibility index (Phi) is 5.48. The molecule has 2 aromatic carbocycles. The minimum Gasteiger partial charge on any atom is -0.502 e. The molecular formula is C16H12ClN5O4S. The molecule has 0 aliphatic carbocycles. The van der Waals surface area contributed by atoms with Gasteiger partial charge in [0.25, 0.3) is 0 Å². The van der Waals surface area contributed by atoms with Gasteiger partial charge in [0.2, 0.25) is 4.77 Å². The van der Waals surface area contributed by atoms with Crippen LogP contribution in [0.15, 0.2) is 47.6 Å². The Labute approximate surface area is 162 Å². The molecule has 0 amide bonds. The number of nitro benzene ring substituents is 1. The van der Waals surface area contributed by atoms with Gasteiger partial charge in [-0.2, -0.15) is 14.9 Å². The topological polar surface area (TPSA) is 119 Å². The highest BCUT2D eigenvalue weighted by Crippen LogP contribution is 2.25. The summed E-state index contributed by atoms with van der Waals surface area (Å²) >= 11 is 11.0. The standard InChI is InChI=1S/C16H12ClN5O4S/c17-11-2-4-12(5-3-11)26-9-15-19-20-16(27)21(15)18-8-10-1-6-14(23)13(7-10)22(24)25/h1-8,23H,9H2,(H,20,27)/b18-8+. The van der Waals surface area contributed by atoms with Gasteiger partial charge in [-0.15, -0.1) is 0 Å².